The molecule has 0 fully saturated rings. The van der Waals surface area contributed by atoms with Crippen LogP contribution in [-0.4, -0.2) is 39.0 Å². The van der Waals surface area contributed by atoms with Crippen molar-refractivity contribution in [1.82, 2.24) is 4.98 Å². The van der Waals surface area contributed by atoms with Gasteiger partial charge in [0.05, 0.1) is 6.61 Å². The van der Waals surface area contributed by atoms with Crippen LogP contribution in [-0.2, 0) is 9.53 Å². The number of esters is 1. The van der Waals surface area contributed by atoms with Gasteiger partial charge in [0.2, 0.25) is 0 Å². The molecular weight excluding hydrogens is 294 g/mol. The summed E-state index contributed by atoms with van der Waals surface area (Å²) in [6.07, 6.45) is -3.44. The first kappa shape index (κ1) is 13.9. The highest BCUT2D eigenvalue weighted by molar-refractivity contribution is 9.10. The lowest BCUT2D eigenvalue weighted by Gasteiger charge is -2.16. The Morgan fingerprint density at radius 1 is 1.53 bits per heavy atom. The molecule has 0 amide bonds. The standard InChI is InChI=1S/C10H12BrNO5/c1-2-17-10(16)9(15)8(14)7-5(13)3-4-6(11)12-7/h3-4,8-9,13-15H,2H2,1H3. The van der Waals surface area contributed by atoms with Crippen LogP contribution in [0.5, 0.6) is 5.75 Å². The van der Waals surface area contributed by atoms with E-state index in [1.54, 1.807) is 6.92 Å². The van der Waals surface area contributed by atoms with Gasteiger partial charge in [-0.25, -0.2) is 9.78 Å². The molecule has 2 unspecified atom stereocenters. The van der Waals surface area contributed by atoms with Gasteiger partial charge >= 0.3 is 5.97 Å². The van der Waals surface area contributed by atoms with Crippen LogP contribution in [0.3, 0.4) is 0 Å². The van der Waals surface area contributed by atoms with E-state index in [1.165, 1.54) is 12.1 Å². The second-order valence-electron chi connectivity index (χ2n) is 3.18. The fourth-order valence-electron chi connectivity index (χ4n) is 1.17. The molecule has 0 aromatic carbocycles. The van der Waals surface area contributed by atoms with Crippen LogP contribution < -0.4 is 0 Å². The predicted octanol–water partition coefficient (Wildman–Crippen LogP) is 0.507. The number of aliphatic hydroxyl groups is 2. The SMILES string of the molecule is CCOC(=O)C(O)C(O)c1nc(Br)ccc1O. The minimum Gasteiger partial charge on any atom is -0.506 e. The summed E-state index contributed by atoms with van der Waals surface area (Å²) in [5.74, 6) is -1.29. The Balaban J connectivity index is 2.91. The Kier molecular flexibility index (Phi) is 4.86. The van der Waals surface area contributed by atoms with E-state index in [1.807, 2.05) is 0 Å². The van der Waals surface area contributed by atoms with Crippen molar-refractivity contribution in [2.45, 2.75) is 19.1 Å². The highest BCUT2D eigenvalue weighted by Crippen LogP contribution is 2.26. The van der Waals surface area contributed by atoms with E-state index in [4.69, 9.17) is 0 Å². The molecule has 7 heteroatoms. The fraction of sp³-hybridized carbons (Fsp3) is 0.400. The van der Waals surface area contributed by atoms with Crippen molar-refractivity contribution in [2.24, 2.45) is 0 Å². The number of aromatic hydroxyl groups is 1. The highest BCUT2D eigenvalue weighted by Gasteiger charge is 2.30. The molecule has 0 radical (unpaired) electrons. The van der Waals surface area contributed by atoms with Gasteiger partial charge in [0, 0.05) is 0 Å². The van der Waals surface area contributed by atoms with Crippen molar-refractivity contribution >= 4 is 21.9 Å². The van der Waals surface area contributed by atoms with Gasteiger partial charge in [-0.05, 0) is 35.0 Å². The van der Waals surface area contributed by atoms with E-state index in [0.717, 1.165) is 0 Å². The van der Waals surface area contributed by atoms with Crippen molar-refractivity contribution in [3.63, 3.8) is 0 Å². The number of hydrogen-bond acceptors (Lipinski definition) is 6. The molecule has 94 valence electrons. The molecule has 6 nitrogen and oxygen atoms in total. The van der Waals surface area contributed by atoms with Crippen molar-refractivity contribution in [3.8, 4) is 5.75 Å². The van der Waals surface area contributed by atoms with E-state index in [0.29, 0.717) is 4.60 Å². The second-order valence-corrected chi connectivity index (χ2v) is 3.99. The second kappa shape index (κ2) is 5.95. The fourth-order valence-corrected chi connectivity index (χ4v) is 1.49. The summed E-state index contributed by atoms with van der Waals surface area (Å²) in [6.45, 7) is 1.66. The van der Waals surface area contributed by atoms with Gasteiger partial charge in [-0.15, -0.1) is 0 Å². The number of aromatic nitrogens is 1. The molecule has 3 N–H and O–H groups in total. The van der Waals surface area contributed by atoms with E-state index >= 15 is 0 Å². The third-order valence-electron chi connectivity index (χ3n) is 1.98. The molecule has 1 rings (SSSR count). The number of pyridine rings is 1. The van der Waals surface area contributed by atoms with Crippen molar-refractivity contribution in [1.29, 1.82) is 0 Å². The number of nitrogens with zero attached hydrogens (tertiary/aromatic N) is 1. The maximum absolute atomic E-state index is 11.2. The average molecular weight is 306 g/mol. The van der Waals surface area contributed by atoms with E-state index in [9.17, 15) is 20.1 Å². The zero-order valence-corrected chi connectivity index (χ0v) is 10.6. The highest BCUT2D eigenvalue weighted by atomic mass is 79.9. The maximum Gasteiger partial charge on any atom is 0.338 e. The number of carbonyl (C=O) groups is 1. The average Bonchev–Trinajstić information content (AvgIpc) is 2.30. The third-order valence-corrected chi connectivity index (χ3v) is 2.42. The Morgan fingerprint density at radius 2 is 2.18 bits per heavy atom. The molecule has 1 aromatic rings. The van der Waals surface area contributed by atoms with Crippen molar-refractivity contribution in [3.05, 3.63) is 22.4 Å². The van der Waals surface area contributed by atoms with E-state index < -0.39 is 18.2 Å². The lowest BCUT2D eigenvalue weighted by molar-refractivity contribution is -0.159. The molecule has 0 spiro atoms. The lowest BCUT2D eigenvalue weighted by Crippen LogP contribution is -2.30. The Hall–Kier alpha value is -1.18. The monoisotopic (exact) mass is 305 g/mol. The number of carbonyl (C=O) groups excluding carboxylic acids is 1. The first-order valence-electron chi connectivity index (χ1n) is 4.85. The van der Waals surface area contributed by atoms with Gasteiger partial charge in [0.15, 0.2) is 6.10 Å². The molecule has 17 heavy (non-hydrogen) atoms. The first-order valence-corrected chi connectivity index (χ1v) is 5.64. The summed E-state index contributed by atoms with van der Waals surface area (Å²) >= 11 is 3.05. The lowest BCUT2D eigenvalue weighted by atomic mass is 10.1. The smallest absolute Gasteiger partial charge is 0.338 e. The van der Waals surface area contributed by atoms with Gasteiger partial charge in [-0.2, -0.15) is 0 Å². The summed E-state index contributed by atoms with van der Waals surface area (Å²) in [7, 11) is 0. The number of hydrogen-bond donors (Lipinski definition) is 3. The summed E-state index contributed by atoms with van der Waals surface area (Å²) in [4.78, 5) is 15.0. The van der Waals surface area contributed by atoms with Gasteiger partial charge in [-0.1, -0.05) is 0 Å². The van der Waals surface area contributed by atoms with Crippen LogP contribution in [0.4, 0.5) is 0 Å². The summed E-state index contributed by atoms with van der Waals surface area (Å²) in [6, 6.07) is 2.75. The molecule has 2 atom stereocenters. The summed E-state index contributed by atoms with van der Waals surface area (Å²) in [5, 5.41) is 28.7. The molecule has 0 aliphatic heterocycles. The minimum atomic E-state index is -1.79. The van der Waals surface area contributed by atoms with Crippen LogP contribution in [0.2, 0.25) is 0 Å². The Labute approximate surface area is 106 Å². The zero-order chi connectivity index (χ0) is 13.0. The molecule has 1 heterocycles. The number of halogens is 1. The Morgan fingerprint density at radius 3 is 2.76 bits per heavy atom. The zero-order valence-electron chi connectivity index (χ0n) is 9.00. The normalized spacial score (nSPS) is 14.1. The van der Waals surface area contributed by atoms with Gasteiger partial charge < -0.3 is 20.1 Å². The first-order chi connectivity index (χ1) is 7.97. The number of aliphatic hydroxyl groups excluding tert-OH is 2. The Bertz CT molecular complexity index is 412. The van der Waals surface area contributed by atoms with Gasteiger partial charge in [0.25, 0.3) is 0 Å². The predicted molar refractivity (Wildman–Crippen MR) is 61.2 cm³/mol. The quantitative estimate of drug-likeness (QED) is 0.553. The van der Waals surface area contributed by atoms with Crippen LogP contribution in [0.25, 0.3) is 0 Å². The van der Waals surface area contributed by atoms with Crippen LogP contribution in [0.15, 0.2) is 16.7 Å². The molecule has 0 saturated heterocycles. The minimum absolute atomic E-state index is 0.0838. The van der Waals surface area contributed by atoms with Crippen LogP contribution in [0, 0.1) is 0 Å². The van der Waals surface area contributed by atoms with Crippen LogP contribution in [0.1, 0.15) is 18.7 Å². The number of rotatable bonds is 4. The van der Waals surface area contributed by atoms with Crippen molar-refractivity contribution < 1.29 is 24.9 Å². The molecule has 1 aromatic heterocycles. The van der Waals surface area contributed by atoms with E-state index in [-0.39, 0.29) is 18.1 Å². The maximum atomic E-state index is 11.2. The van der Waals surface area contributed by atoms with Crippen LogP contribution >= 0.6 is 15.9 Å². The molecule has 0 aliphatic carbocycles. The van der Waals surface area contributed by atoms with Crippen molar-refractivity contribution in [2.75, 3.05) is 6.61 Å². The third kappa shape index (κ3) is 3.39. The van der Waals surface area contributed by atoms with Gasteiger partial charge in [0.1, 0.15) is 22.2 Å². The summed E-state index contributed by atoms with van der Waals surface area (Å²) < 4.78 is 4.91. The van der Waals surface area contributed by atoms with E-state index in [2.05, 4.69) is 25.7 Å². The molecule has 0 saturated carbocycles. The topological polar surface area (TPSA) is 99.9 Å². The molecule has 0 aliphatic rings. The largest absolute Gasteiger partial charge is 0.506 e. The molecular formula is C10H12BrNO5. The number of ether oxygens (including phenoxy) is 1. The summed E-state index contributed by atoms with van der Waals surface area (Å²) in [5.41, 5.74) is -0.195. The molecule has 0 bridgehead atoms. The van der Waals surface area contributed by atoms with Gasteiger partial charge in [-0.3, -0.25) is 0 Å².